The average Bonchev–Trinajstić information content (AvgIpc) is 2.83. The van der Waals surface area contributed by atoms with E-state index in [0.717, 1.165) is 18.7 Å². The zero-order chi connectivity index (χ0) is 23.3. The maximum Gasteiger partial charge on any atom is 0.204 e. The van der Waals surface area contributed by atoms with Crippen LogP contribution < -0.4 is 4.74 Å². The molecule has 0 atom stereocenters. The van der Waals surface area contributed by atoms with Gasteiger partial charge in [0.2, 0.25) is 11.6 Å². The molecule has 0 radical (unpaired) electrons. The molecule has 0 heterocycles. The van der Waals surface area contributed by atoms with Crippen LogP contribution in [0.1, 0.15) is 0 Å². The van der Waals surface area contributed by atoms with Crippen molar-refractivity contribution in [2.24, 2.45) is 0 Å². The van der Waals surface area contributed by atoms with Crippen LogP contribution in [0.4, 0.5) is 22.0 Å². The van der Waals surface area contributed by atoms with Crippen molar-refractivity contribution in [1.29, 1.82) is 0 Å². The first kappa shape index (κ1) is 20.9. The number of fused-ring (bicyclic) bond motifs is 2. The third kappa shape index (κ3) is 3.13. The first-order valence-corrected chi connectivity index (χ1v) is 10.0. The highest BCUT2D eigenvalue weighted by molar-refractivity contribution is 6.21. The number of rotatable bonds is 3. The molecule has 0 amide bonds. The van der Waals surface area contributed by atoms with Crippen LogP contribution in [0.2, 0.25) is 0 Å². The molecule has 0 bridgehead atoms. The molecule has 0 spiro atoms. The van der Waals surface area contributed by atoms with Gasteiger partial charge in [0.15, 0.2) is 17.4 Å². The predicted octanol–water partition coefficient (Wildman–Crippen LogP) is 8.03. The molecule has 0 aliphatic rings. The minimum absolute atomic E-state index is 0.0734. The van der Waals surface area contributed by atoms with Crippen molar-refractivity contribution in [2.75, 3.05) is 7.11 Å². The van der Waals surface area contributed by atoms with Crippen LogP contribution in [0, 0.1) is 29.1 Å². The fourth-order valence-electron chi connectivity index (χ4n) is 4.35. The van der Waals surface area contributed by atoms with Gasteiger partial charge in [0.1, 0.15) is 5.82 Å². The second kappa shape index (κ2) is 7.89. The maximum absolute atomic E-state index is 15.2. The second-order valence-electron chi connectivity index (χ2n) is 7.52. The van der Waals surface area contributed by atoms with E-state index in [4.69, 9.17) is 0 Å². The summed E-state index contributed by atoms with van der Waals surface area (Å²) in [5.41, 5.74) is 0.442. The summed E-state index contributed by atoms with van der Waals surface area (Å²) >= 11 is 0. The number of hydrogen-bond acceptors (Lipinski definition) is 1. The van der Waals surface area contributed by atoms with Crippen LogP contribution in [0.3, 0.4) is 0 Å². The van der Waals surface area contributed by atoms with Crippen molar-refractivity contribution in [2.45, 2.75) is 0 Å². The first-order valence-electron chi connectivity index (χ1n) is 10.0. The molecule has 5 rings (SSSR count). The Hall–Kier alpha value is -3.93. The third-order valence-corrected chi connectivity index (χ3v) is 5.73. The van der Waals surface area contributed by atoms with E-state index in [1.165, 1.54) is 12.1 Å². The number of benzene rings is 5. The van der Waals surface area contributed by atoms with E-state index in [1.807, 2.05) is 30.3 Å². The summed E-state index contributed by atoms with van der Waals surface area (Å²) in [5.74, 6) is -8.16. The van der Waals surface area contributed by atoms with Crippen molar-refractivity contribution in [3.05, 3.63) is 102 Å². The van der Waals surface area contributed by atoms with Crippen LogP contribution in [0.15, 0.2) is 72.8 Å². The lowest BCUT2D eigenvalue weighted by molar-refractivity contribution is 0.334. The third-order valence-electron chi connectivity index (χ3n) is 5.73. The van der Waals surface area contributed by atoms with Gasteiger partial charge in [-0.3, -0.25) is 0 Å². The highest BCUT2D eigenvalue weighted by atomic mass is 19.2. The summed E-state index contributed by atoms with van der Waals surface area (Å²) in [6, 6.07) is 19.6. The predicted molar refractivity (Wildman–Crippen MR) is 119 cm³/mol. The molecule has 33 heavy (non-hydrogen) atoms. The van der Waals surface area contributed by atoms with E-state index < -0.39 is 40.4 Å². The summed E-state index contributed by atoms with van der Waals surface area (Å²) in [4.78, 5) is 0. The van der Waals surface area contributed by atoms with Crippen LogP contribution in [0.5, 0.6) is 5.75 Å². The van der Waals surface area contributed by atoms with Crippen molar-refractivity contribution >= 4 is 21.5 Å². The lowest BCUT2D eigenvalue weighted by atomic mass is 9.85. The number of hydrogen-bond donors (Lipinski definition) is 0. The van der Waals surface area contributed by atoms with Gasteiger partial charge in [-0.1, -0.05) is 60.7 Å². The Balaban J connectivity index is 2.04. The largest absolute Gasteiger partial charge is 0.491 e. The normalized spacial score (nSPS) is 11.3. The van der Waals surface area contributed by atoms with Crippen LogP contribution in [-0.4, -0.2) is 7.11 Å². The molecule has 0 saturated carbocycles. The molecule has 6 heteroatoms. The van der Waals surface area contributed by atoms with E-state index in [2.05, 4.69) is 4.74 Å². The van der Waals surface area contributed by atoms with Crippen LogP contribution >= 0.6 is 0 Å². The second-order valence-corrected chi connectivity index (χ2v) is 7.52. The summed E-state index contributed by atoms with van der Waals surface area (Å²) in [6.45, 7) is 0. The minimum Gasteiger partial charge on any atom is -0.491 e. The monoisotopic (exact) mass is 450 g/mol. The van der Waals surface area contributed by atoms with Crippen LogP contribution in [0.25, 0.3) is 43.8 Å². The van der Waals surface area contributed by atoms with Gasteiger partial charge in [0.05, 0.1) is 12.7 Å². The van der Waals surface area contributed by atoms with Gasteiger partial charge in [-0.05, 0) is 44.8 Å². The van der Waals surface area contributed by atoms with Crippen molar-refractivity contribution in [3.8, 4) is 28.0 Å². The molecule has 0 unspecified atom stereocenters. The molecular weight excluding hydrogens is 435 g/mol. The smallest absolute Gasteiger partial charge is 0.204 e. The Kier molecular flexibility index (Phi) is 5.01. The SMILES string of the molecule is COc1c(F)c(F)c(-c2c3ccccc3c(-c3ccccc3)c3cc(F)ccc23)c(F)c1F. The highest BCUT2D eigenvalue weighted by Crippen LogP contribution is 2.46. The van der Waals surface area contributed by atoms with E-state index in [-0.39, 0.29) is 10.9 Å². The lowest BCUT2D eigenvalue weighted by Crippen LogP contribution is -2.04. The highest BCUT2D eigenvalue weighted by Gasteiger charge is 2.30. The fraction of sp³-hybridized carbons (Fsp3) is 0.0370. The Bertz CT molecular complexity index is 1520. The molecule has 5 aromatic carbocycles. The standard InChI is InChI=1S/C27H15F5O/c1-33-27-25(31)23(29)22(24(30)26(27)32)21-17-10-6-5-9-16(17)20(14-7-3-2-4-8-14)19-13-15(28)11-12-18(19)21/h2-13H,1H3. The molecule has 0 N–H and O–H groups in total. The Morgan fingerprint density at radius 2 is 1.06 bits per heavy atom. The zero-order valence-electron chi connectivity index (χ0n) is 17.2. The van der Waals surface area contributed by atoms with Crippen molar-refractivity contribution in [1.82, 2.24) is 0 Å². The molecule has 164 valence electrons. The van der Waals surface area contributed by atoms with E-state index in [0.29, 0.717) is 21.7 Å². The van der Waals surface area contributed by atoms with Gasteiger partial charge in [-0.25, -0.2) is 13.2 Å². The van der Waals surface area contributed by atoms with Gasteiger partial charge in [-0.15, -0.1) is 0 Å². The van der Waals surface area contributed by atoms with Crippen molar-refractivity contribution < 1.29 is 26.7 Å². The molecular formula is C27H15F5O. The molecule has 0 fully saturated rings. The van der Waals surface area contributed by atoms with Gasteiger partial charge < -0.3 is 4.74 Å². The Morgan fingerprint density at radius 3 is 1.67 bits per heavy atom. The van der Waals surface area contributed by atoms with Gasteiger partial charge in [0, 0.05) is 5.56 Å². The lowest BCUT2D eigenvalue weighted by Gasteiger charge is -2.19. The maximum atomic E-state index is 15.2. The number of methoxy groups -OCH3 is 1. The van der Waals surface area contributed by atoms with E-state index in [9.17, 15) is 13.2 Å². The average molecular weight is 450 g/mol. The molecule has 5 aromatic rings. The molecule has 0 aliphatic carbocycles. The summed E-state index contributed by atoms with van der Waals surface area (Å²) in [6.07, 6.45) is 0. The fourth-order valence-corrected chi connectivity index (χ4v) is 4.35. The number of halogens is 5. The Morgan fingerprint density at radius 1 is 0.515 bits per heavy atom. The first-order chi connectivity index (χ1) is 15.9. The molecule has 0 aliphatic heterocycles. The van der Waals surface area contributed by atoms with Gasteiger partial charge >= 0.3 is 0 Å². The van der Waals surface area contributed by atoms with Crippen molar-refractivity contribution in [3.63, 3.8) is 0 Å². The van der Waals surface area contributed by atoms with Crippen LogP contribution in [-0.2, 0) is 0 Å². The molecule has 0 aromatic heterocycles. The summed E-state index contributed by atoms with van der Waals surface area (Å²) < 4.78 is 78.5. The van der Waals surface area contributed by atoms with Gasteiger partial charge in [-0.2, -0.15) is 8.78 Å². The number of ether oxygens (including phenoxy) is 1. The zero-order valence-corrected chi connectivity index (χ0v) is 17.2. The minimum atomic E-state index is -1.64. The summed E-state index contributed by atoms with van der Waals surface area (Å²) in [5, 5.41) is 1.51. The molecule has 1 nitrogen and oxygen atoms in total. The molecule has 0 saturated heterocycles. The van der Waals surface area contributed by atoms with E-state index in [1.54, 1.807) is 24.3 Å². The van der Waals surface area contributed by atoms with E-state index >= 15 is 8.78 Å². The quantitative estimate of drug-likeness (QED) is 0.154. The van der Waals surface area contributed by atoms with Gasteiger partial charge in [0.25, 0.3) is 0 Å². The topological polar surface area (TPSA) is 9.23 Å². The summed E-state index contributed by atoms with van der Waals surface area (Å²) in [7, 11) is 0.919. The Labute approximate surface area is 185 Å².